The van der Waals surface area contributed by atoms with Crippen LogP contribution in [0.5, 0.6) is 0 Å². The summed E-state index contributed by atoms with van der Waals surface area (Å²) in [6.07, 6.45) is 2.13. The minimum absolute atomic E-state index is 0.191. The van der Waals surface area contributed by atoms with Crippen LogP contribution in [-0.4, -0.2) is 36.6 Å². The zero-order valence-electron chi connectivity index (χ0n) is 20.3. The van der Waals surface area contributed by atoms with Gasteiger partial charge in [0.15, 0.2) is 0 Å². The van der Waals surface area contributed by atoms with Gasteiger partial charge < -0.3 is 14.5 Å². The Morgan fingerprint density at radius 3 is 2.44 bits per heavy atom. The summed E-state index contributed by atoms with van der Waals surface area (Å²) in [5, 5.41) is 6.97. The maximum Gasteiger partial charge on any atom is 0.338 e. The number of benzene rings is 2. The standard InChI is InChI=1S/C27H28ClN3O5/c1-4-15-35-27(34)19-11-9-18(10-12-19)23-14-13-20(36-23)16-29-31-26(33)24(17(2)3)30-25(32)21-7-5-6-8-22(21)28/h5-14,16-17,24H,4,15H2,1-3H3,(H,30,32)(H,31,33). The van der Waals surface area contributed by atoms with Crippen molar-refractivity contribution in [1.82, 2.24) is 10.7 Å². The molecule has 2 aromatic carbocycles. The second-order valence-corrected chi connectivity index (χ2v) is 8.73. The van der Waals surface area contributed by atoms with Crippen LogP contribution in [0.4, 0.5) is 0 Å². The number of rotatable bonds is 10. The molecule has 2 N–H and O–H groups in total. The maximum absolute atomic E-state index is 12.7. The summed E-state index contributed by atoms with van der Waals surface area (Å²) in [4.78, 5) is 37.2. The highest BCUT2D eigenvalue weighted by atomic mass is 35.5. The fourth-order valence-electron chi connectivity index (χ4n) is 3.25. The van der Waals surface area contributed by atoms with E-state index in [4.69, 9.17) is 20.8 Å². The molecule has 0 aliphatic carbocycles. The number of hydrogen-bond donors (Lipinski definition) is 2. The third kappa shape index (κ3) is 7.05. The molecule has 0 saturated carbocycles. The Kier molecular flexibility index (Phi) is 9.41. The summed E-state index contributed by atoms with van der Waals surface area (Å²) >= 11 is 6.08. The number of carbonyl (C=O) groups is 3. The number of amides is 2. The minimum atomic E-state index is -0.819. The highest BCUT2D eigenvalue weighted by molar-refractivity contribution is 6.33. The Balaban J connectivity index is 1.60. The fourth-order valence-corrected chi connectivity index (χ4v) is 3.48. The predicted octanol–water partition coefficient (Wildman–Crippen LogP) is 5.07. The van der Waals surface area contributed by atoms with E-state index in [0.717, 1.165) is 12.0 Å². The summed E-state index contributed by atoms with van der Waals surface area (Å²) in [6, 6.07) is 16.1. The van der Waals surface area contributed by atoms with Gasteiger partial charge in [-0.1, -0.05) is 56.6 Å². The third-order valence-corrected chi connectivity index (χ3v) is 5.52. The van der Waals surface area contributed by atoms with Crippen molar-refractivity contribution >= 4 is 35.6 Å². The van der Waals surface area contributed by atoms with Crippen LogP contribution < -0.4 is 10.7 Å². The summed E-state index contributed by atoms with van der Waals surface area (Å²) in [5.74, 6) is -0.489. The molecular weight excluding hydrogens is 482 g/mol. The minimum Gasteiger partial charge on any atom is -0.462 e. The fraction of sp³-hybridized carbons (Fsp3) is 0.259. The zero-order valence-corrected chi connectivity index (χ0v) is 21.0. The van der Waals surface area contributed by atoms with Crippen LogP contribution in [0.3, 0.4) is 0 Å². The Morgan fingerprint density at radius 2 is 1.78 bits per heavy atom. The Hall–Kier alpha value is -3.91. The maximum atomic E-state index is 12.7. The first-order valence-electron chi connectivity index (χ1n) is 11.6. The van der Waals surface area contributed by atoms with Crippen LogP contribution in [0, 0.1) is 5.92 Å². The van der Waals surface area contributed by atoms with Crippen LogP contribution in [0.15, 0.2) is 70.2 Å². The van der Waals surface area contributed by atoms with Gasteiger partial charge in [0.05, 0.1) is 29.0 Å². The van der Waals surface area contributed by atoms with Gasteiger partial charge in [-0.25, -0.2) is 10.2 Å². The first kappa shape index (κ1) is 26.7. The quantitative estimate of drug-likeness (QED) is 0.225. The van der Waals surface area contributed by atoms with Crippen molar-refractivity contribution in [3.8, 4) is 11.3 Å². The van der Waals surface area contributed by atoms with Crippen molar-refractivity contribution < 1.29 is 23.5 Å². The molecule has 1 heterocycles. The van der Waals surface area contributed by atoms with Crippen molar-refractivity contribution in [3.05, 3.63) is 82.6 Å². The summed E-state index contributed by atoms with van der Waals surface area (Å²) < 4.78 is 10.9. The number of esters is 1. The molecule has 0 saturated heterocycles. The normalized spacial score (nSPS) is 11.9. The van der Waals surface area contributed by atoms with Crippen molar-refractivity contribution in [2.75, 3.05) is 6.61 Å². The molecule has 188 valence electrons. The Labute approximate surface area is 214 Å². The molecule has 1 aromatic heterocycles. The van der Waals surface area contributed by atoms with Crippen LogP contribution >= 0.6 is 11.6 Å². The van der Waals surface area contributed by atoms with Gasteiger partial charge in [-0.05, 0) is 48.7 Å². The van der Waals surface area contributed by atoms with Crippen LogP contribution in [0.1, 0.15) is 53.7 Å². The van der Waals surface area contributed by atoms with Gasteiger partial charge in [0.25, 0.3) is 11.8 Å². The average Bonchev–Trinajstić information content (AvgIpc) is 3.34. The van der Waals surface area contributed by atoms with Gasteiger partial charge in [0.1, 0.15) is 17.6 Å². The summed E-state index contributed by atoms with van der Waals surface area (Å²) in [7, 11) is 0. The number of nitrogens with one attached hydrogen (secondary N) is 2. The van der Waals surface area contributed by atoms with E-state index in [2.05, 4.69) is 15.8 Å². The number of ether oxygens (including phenoxy) is 1. The Morgan fingerprint density at radius 1 is 1.06 bits per heavy atom. The lowest BCUT2D eigenvalue weighted by atomic mass is 10.0. The average molecular weight is 510 g/mol. The molecule has 0 aliphatic rings. The van der Waals surface area contributed by atoms with E-state index in [9.17, 15) is 14.4 Å². The molecule has 0 radical (unpaired) electrons. The molecule has 8 nitrogen and oxygen atoms in total. The monoisotopic (exact) mass is 509 g/mol. The lowest BCUT2D eigenvalue weighted by Crippen LogP contribution is -2.48. The second-order valence-electron chi connectivity index (χ2n) is 8.32. The van der Waals surface area contributed by atoms with Crippen molar-refractivity contribution in [2.24, 2.45) is 11.0 Å². The summed E-state index contributed by atoms with van der Waals surface area (Å²) in [6.45, 7) is 5.94. The van der Waals surface area contributed by atoms with Crippen LogP contribution in [-0.2, 0) is 9.53 Å². The molecule has 36 heavy (non-hydrogen) atoms. The summed E-state index contributed by atoms with van der Waals surface area (Å²) in [5.41, 5.74) is 3.96. The van der Waals surface area contributed by atoms with Crippen molar-refractivity contribution in [1.29, 1.82) is 0 Å². The number of hydrazone groups is 1. The van der Waals surface area contributed by atoms with E-state index in [1.807, 2.05) is 20.8 Å². The van der Waals surface area contributed by atoms with Crippen molar-refractivity contribution in [2.45, 2.75) is 33.2 Å². The molecular formula is C27H28ClN3O5. The van der Waals surface area contributed by atoms with Gasteiger partial charge in [0, 0.05) is 5.56 Å². The molecule has 1 atom stereocenters. The molecule has 0 spiro atoms. The van der Waals surface area contributed by atoms with Gasteiger partial charge >= 0.3 is 5.97 Å². The first-order valence-corrected chi connectivity index (χ1v) is 11.9. The van der Waals surface area contributed by atoms with E-state index in [1.165, 1.54) is 6.21 Å². The molecule has 3 rings (SSSR count). The van der Waals surface area contributed by atoms with Gasteiger partial charge in [-0.3, -0.25) is 9.59 Å². The highest BCUT2D eigenvalue weighted by Crippen LogP contribution is 2.22. The van der Waals surface area contributed by atoms with E-state index in [1.54, 1.807) is 60.7 Å². The van der Waals surface area contributed by atoms with E-state index in [-0.39, 0.29) is 17.5 Å². The number of carbonyl (C=O) groups excluding carboxylic acids is 3. The lowest BCUT2D eigenvalue weighted by molar-refractivity contribution is -0.123. The molecule has 0 bridgehead atoms. The number of halogens is 1. The highest BCUT2D eigenvalue weighted by Gasteiger charge is 2.25. The van der Waals surface area contributed by atoms with E-state index >= 15 is 0 Å². The van der Waals surface area contributed by atoms with Gasteiger partial charge in [-0.2, -0.15) is 5.10 Å². The van der Waals surface area contributed by atoms with Gasteiger partial charge in [-0.15, -0.1) is 0 Å². The van der Waals surface area contributed by atoms with Crippen molar-refractivity contribution in [3.63, 3.8) is 0 Å². The molecule has 3 aromatic rings. The van der Waals surface area contributed by atoms with E-state index < -0.39 is 17.9 Å². The Bertz CT molecular complexity index is 1230. The zero-order chi connectivity index (χ0) is 26.1. The number of nitrogens with zero attached hydrogens (tertiary/aromatic N) is 1. The lowest BCUT2D eigenvalue weighted by Gasteiger charge is -2.20. The molecule has 1 unspecified atom stereocenters. The van der Waals surface area contributed by atoms with Crippen LogP contribution in [0.2, 0.25) is 5.02 Å². The third-order valence-electron chi connectivity index (χ3n) is 5.19. The molecule has 2 amide bonds. The number of furan rings is 1. The van der Waals surface area contributed by atoms with Crippen LogP contribution in [0.25, 0.3) is 11.3 Å². The molecule has 0 fully saturated rings. The van der Waals surface area contributed by atoms with Gasteiger partial charge in [0.2, 0.25) is 0 Å². The SMILES string of the molecule is CCCOC(=O)c1ccc(-c2ccc(C=NNC(=O)C(NC(=O)c3ccccc3Cl)C(C)C)o2)cc1. The smallest absolute Gasteiger partial charge is 0.338 e. The first-order chi connectivity index (χ1) is 17.3. The largest absolute Gasteiger partial charge is 0.462 e. The second kappa shape index (κ2) is 12.7. The van der Waals surface area contributed by atoms with E-state index in [0.29, 0.717) is 28.7 Å². The molecule has 0 aliphatic heterocycles. The topological polar surface area (TPSA) is 110 Å². The predicted molar refractivity (Wildman–Crippen MR) is 138 cm³/mol. The number of hydrogen-bond acceptors (Lipinski definition) is 6. The molecule has 9 heteroatoms.